The third-order valence-corrected chi connectivity index (χ3v) is 4.53. The molecule has 4 heteroatoms. The van der Waals surface area contributed by atoms with E-state index < -0.39 is 5.60 Å². The molecule has 0 spiro atoms. The number of rotatable bonds is 3. The molecular weight excluding hydrogens is 216 g/mol. The molecule has 0 aromatic rings. The van der Waals surface area contributed by atoms with E-state index in [0.717, 1.165) is 45.3 Å². The Morgan fingerprint density at radius 2 is 2.29 bits per heavy atom. The van der Waals surface area contributed by atoms with Crippen molar-refractivity contribution >= 4 is 5.91 Å². The van der Waals surface area contributed by atoms with Gasteiger partial charge in [-0.25, -0.2) is 0 Å². The molecule has 4 nitrogen and oxygen atoms in total. The number of nitrogens with zero attached hydrogens (tertiary/aromatic N) is 1. The monoisotopic (exact) mass is 240 g/mol. The summed E-state index contributed by atoms with van der Waals surface area (Å²) in [4.78, 5) is 13.4. The third kappa shape index (κ3) is 2.80. The number of carbonyl (C=O) groups is 1. The van der Waals surface area contributed by atoms with Gasteiger partial charge in [0.05, 0.1) is 5.60 Å². The highest BCUT2D eigenvalue weighted by Crippen LogP contribution is 2.39. The van der Waals surface area contributed by atoms with E-state index in [4.69, 9.17) is 5.73 Å². The van der Waals surface area contributed by atoms with Crippen LogP contribution in [0.15, 0.2) is 0 Å². The minimum Gasteiger partial charge on any atom is -0.390 e. The van der Waals surface area contributed by atoms with E-state index >= 15 is 0 Å². The van der Waals surface area contributed by atoms with E-state index in [9.17, 15) is 9.90 Å². The van der Waals surface area contributed by atoms with E-state index in [0.29, 0.717) is 5.92 Å². The molecule has 2 aliphatic rings. The van der Waals surface area contributed by atoms with Gasteiger partial charge in [-0.05, 0) is 19.3 Å². The molecule has 3 atom stereocenters. The lowest BCUT2D eigenvalue weighted by Gasteiger charge is -2.47. The van der Waals surface area contributed by atoms with Gasteiger partial charge in [-0.3, -0.25) is 4.79 Å². The highest BCUT2D eigenvalue weighted by Gasteiger charge is 2.42. The van der Waals surface area contributed by atoms with Gasteiger partial charge in [0.25, 0.3) is 0 Å². The van der Waals surface area contributed by atoms with Gasteiger partial charge in [0, 0.05) is 31.5 Å². The van der Waals surface area contributed by atoms with Crippen molar-refractivity contribution in [2.75, 3.05) is 19.6 Å². The fourth-order valence-corrected chi connectivity index (χ4v) is 3.28. The normalized spacial score (nSPS) is 36.2. The molecular formula is C13H24N2O2. The lowest BCUT2D eigenvalue weighted by Crippen LogP contribution is -2.54. The zero-order valence-corrected chi connectivity index (χ0v) is 10.7. The van der Waals surface area contributed by atoms with E-state index in [1.165, 1.54) is 6.42 Å². The van der Waals surface area contributed by atoms with Crippen molar-refractivity contribution in [3.05, 3.63) is 0 Å². The summed E-state index contributed by atoms with van der Waals surface area (Å²) in [5.41, 5.74) is 4.87. The van der Waals surface area contributed by atoms with Crippen molar-refractivity contribution in [2.24, 2.45) is 17.6 Å². The van der Waals surface area contributed by atoms with Gasteiger partial charge in [-0.2, -0.15) is 0 Å². The smallest absolute Gasteiger partial charge is 0.221 e. The second-order valence-corrected chi connectivity index (χ2v) is 5.86. The number of hydrogen-bond donors (Lipinski definition) is 2. The van der Waals surface area contributed by atoms with Crippen molar-refractivity contribution in [2.45, 2.75) is 44.6 Å². The first kappa shape index (κ1) is 12.8. The Morgan fingerprint density at radius 3 is 3.00 bits per heavy atom. The van der Waals surface area contributed by atoms with Crippen molar-refractivity contribution in [3.63, 3.8) is 0 Å². The minimum absolute atomic E-state index is 0.0928. The van der Waals surface area contributed by atoms with Gasteiger partial charge in [-0.1, -0.05) is 19.8 Å². The van der Waals surface area contributed by atoms with Crippen LogP contribution >= 0.6 is 0 Å². The second kappa shape index (κ2) is 4.94. The van der Waals surface area contributed by atoms with Crippen molar-refractivity contribution < 1.29 is 9.90 Å². The maximum absolute atomic E-state index is 11.1. The lowest BCUT2D eigenvalue weighted by atomic mass is 9.71. The maximum atomic E-state index is 11.1. The van der Waals surface area contributed by atoms with E-state index in [1.807, 2.05) is 6.92 Å². The van der Waals surface area contributed by atoms with Crippen molar-refractivity contribution in [3.8, 4) is 0 Å². The number of hydrogen-bond acceptors (Lipinski definition) is 3. The predicted octanol–water partition coefficient (Wildman–Crippen LogP) is 0.735. The van der Waals surface area contributed by atoms with Gasteiger partial charge in [0.2, 0.25) is 5.91 Å². The minimum atomic E-state index is -0.426. The van der Waals surface area contributed by atoms with Crippen LogP contribution in [-0.4, -0.2) is 41.1 Å². The second-order valence-electron chi connectivity index (χ2n) is 5.86. The summed E-state index contributed by atoms with van der Waals surface area (Å²) in [5.74, 6) is 0.0735. The van der Waals surface area contributed by atoms with Crippen molar-refractivity contribution in [1.82, 2.24) is 4.90 Å². The number of carbonyl (C=O) groups excluding carboxylic acids is 1. The lowest BCUT2D eigenvalue weighted by molar-refractivity contribution is -0.123. The molecule has 3 N–H and O–H groups in total. The molecule has 0 radical (unpaired) electrons. The fourth-order valence-electron chi connectivity index (χ4n) is 3.28. The molecule has 1 saturated heterocycles. The zero-order valence-electron chi connectivity index (χ0n) is 10.7. The number of primary amides is 1. The summed E-state index contributed by atoms with van der Waals surface area (Å²) >= 11 is 0. The summed E-state index contributed by atoms with van der Waals surface area (Å²) < 4.78 is 0. The van der Waals surface area contributed by atoms with Crippen LogP contribution < -0.4 is 5.73 Å². The van der Waals surface area contributed by atoms with Gasteiger partial charge in [0.15, 0.2) is 0 Å². The SMILES string of the molecule is CC(CN1CCC2(O)CCCCC2C1)C(N)=O. The van der Waals surface area contributed by atoms with Crippen molar-refractivity contribution in [1.29, 1.82) is 0 Å². The molecule has 2 rings (SSSR count). The van der Waals surface area contributed by atoms with Gasteiger partial charge in [0.1, 0.15) is 0 Å². The number of nitrogens with two attached hydrogens (primary N) is 1. The Bertz CT molecular complexity index is 295. The zero-order chi connectivity index (χ0) is 12.5. The molecule has 0 aromatic carbocycles. The number of piperidine rings is 1. The highest BCUT2D eigenvalue weighted by molar-refractivity contribution is 5.76. The molecule has 2 fully saturated rings. The summed E-state index contributed by atoms with van der Waals surface area (Å²) in [6, 6.07) is 0. The van der Waals surface area contributed by atoms with Gasteiger partial charge < -0.3 is 15.7 Å². The van der Waals surface area contributed by atoms with Crippen LogP contribution in [-0.2, 0) is 4.79 Å². The molecule has 1 saturated carbocycles. The Kier molecular flexibility index (Phi) is 3.73. The Balaban J connectivity index is 1.91. The van der Waals surface area contributed by atoms with Crippen LogP contribution in [0.25, 0.3) is 0 Å². The number of aliphatic hydroxyl groups is 1. The number of amides is 1. The quantitative estimate of drug-likeness (QED) is 0.764. The number of fused-ring (bicyclic) bond motifs is 1. The molecule has 0 aromatic heterocycles. The average Bonchev–Trinajstić information content (AvgIpc) is 2.29. The molecule has 1 aliphatic carbocycles. The summed E-state index contributed by atoms with van der Waals surface area (Å²) in [5, 5.41) is 10.5. The van der Waals surface area contributed by atoms with Crippen LogP contribution in [0.3, 0.4) is 0 Å². The largest absolute Gasteiger partial charge is 0.390 e. The Labute approximate surface area is 103 Å². The van der Waals surface area contributed by atoms with Crippen LogP contribution in [0.4, 0.5) is 0 Å². The first-order chi connectivity index (χ1) is 8.01. The van der Waals surface area contributed by atoms with Gasteiger partial charge in [-0.15, -0.1) is 0 Å². The molecule has 17 heavy (non-hydrogen) atoms. The highest BCUT2D eigenvalue weighted by atomic mass is 16.3. The van der Waals surface area contributed by atoms with E-state index in [1.54, 1.807) is 0 Å². The molecule has 98 valence electrons. The summed E-state index contributed by atoms with van der Waals surface area (Å²) in [6.45, 7) is 4.44. The van der Waals surface area contributed by atoms with E-state index in [2.05, 4.69) is 4.90 Å². The predicted molar refractivity (Wildman–Crippen MR) is 66.3 cm³/mol. The van der Waals surface area contributed by atoms with Crippen LogP contribution in [0.1, 0.15) is 39.0 Å². The topological polar surface area (TPSA) is 66.6 Å². The first-order valence-electron chi connectivity index (χ1n) is 6.75. The molecule has 1 amide bonds. The summed E-state index contributed by atoms with van der Waals surface area (Å²) in [6.07, 6.45) is 5.31. The fraction of sp³-hybridized carbons (Fsp3) is 0.923. The van der Waals surface area contributed by atoms with Crippen LogP contribution in [0.2, 0.25) is 0 Å². The van der Waals surface area contributed by atoms with Crippen LogP contribution in [0.5, 0.6) is 0 Å². The van der Waals surface area contributed by atoms with E-state index in [-0.39, 0.29) is 11.8 Å². The Hall–Kier alpha value is -0.610. The standard InChI is InChI=1S/C13H24N2O2/c1-10(12(14)16)8-15-7-6-13(17)5-3-2-4-11(13)9-15/h10-11,17H,2-9H2,1H3,(H2,14,16). The van der Waals surface area contributed by atoms with Gasteiger partial charge >= 0.3 is 0 Å². The van der Waals surface area contributed by atoms with Crippen LogP contribution in [0, 0.1) is 11.8 Å². The molecule has 0 bridgehead atoms. The molecule has 1 aliphatic heterocycles. The Morgan fingerprint density at radius 1 is 1.53 bits per heavy atom. The third-order valence-electron chi connectivity index (χ3n) is 4.53. The first-order valence-corrected chi connectivity index (χ1v) is 6.75. The average molecular weight is 240 g/mol. The summed E-state index contributed by atoms with van der Waals surface area (Å²) in [7, 11) is 0. The molecule has 1 heterocycles. The number of likely N-dealkylation sites (tertiary alicyclic amines) is 1. The maximum Gasteiger partial charge on any atom is 0.221 e. The molecule has 3 unspecified atom stereocenters.